The van der Waals surface area contributed by atoms with Crippen LogP contribution in [0.25, 0.3) is 6.08 Å². The van der Waals surface area contributed by atoms with Crippen LogP contribution in [0.5, 0.6) is 0 Å². The van der Waals surface area contributed by atoms with Crippen LogP contribution in [0, 0.1) is 5.82 Å². The van der Waals surface area contributed by atoms with Gasteiger partial charge in [0.1, 0.15) is 5.82 Å². The number of benzene rings is 1. The van der Waals surface area contributed by atoms with Gasteiger partial charge < -0.3 is 5.32 Å². The molecule has 3 nitrogen and oxygen atoms in total. The van der Waals surface area contributed by atoms with Crippen LogP contribution >= 0.6 is 11.6 Å². The van der Waals surface area contributed by atoms with Gasteiger partial charge in [0.2, 0.25) is 5.91 Å². The quantitative estimate of drug-likeness (QED) is 0.865. The number of aromatic amines is 1. The molecular formula is C15H13ClFN2O+. The minimum Gasteiger partial charge on any atom is -0.348 e. The highest BCUT2D eigenvalue weighted by atomic mass is 35.5. The van der Waals surface area contributed by atoms with Crippen molar-refractivity contribution >= 4 is 23.6 Å². The molecule has 0 aliphatic rings. The topological polar surface area (TPSA) is 43.2 Å². The van der Waals surface area contributed by atoms with Crippen molar-refractivity contribution in [2.45, 2.75) is 6.54 Å². The van der Waals surface area contributed by atoms with Gasteiger partial charge in [-0.25, -0.2) is 9.37 Å². The second kappa shape index (κ2) is 6.82. The van der Waals surface area contributed by atoms with Gasteiger partial charge in [0.15, 0.2) is 12.4 Å². The number of hydrogen-bond acceptors (Lipinski definition) is 1. The maximum atomic E-state index is 13.5. The van der Waals surface area contributed by atoms with Crippen molar-refractivity contribution in [2.24, 2.45) is 0 Å². The highest BCUT2D eigenvalue weighted by Gasteiger charge is 2.04. The van der Waals surface area contributed by atoms with Gasteiger partial charge >= 0.3 is 0 Å². The fraction of sp³-hybridized carbons (Fsp3) is 0.0667. The van der Waals surface area contributed by atoms with Crippen LogP contribution in [0.1, 0.15) is 11.1 Å². The largest absolute Gasteiger partial charge is 0.348 e. The maximum absolute atomic E-state index is 13.5. The molecule has 1 heterocycles. The molecule has 1 aromatic carbocycles. The number of nitrogens with one attached hydrogen (secondary N) is 2. The first-order valence-electron chi connectivity index (χ1n) is 6.02. The molecule has 102 valence electrons. The number of hydrogen-bond donors (Lipinski definition) is 1. The Morgan fingerprint density at radius 2 is 2.20 bits per heavy atom. The van der Waals surface area contributed by atoms with Gasteiger partial charge in [0.05, 0.1) is 5.02 Å². The molecule has 0 bridgehead atoms. The van der Waals surface area contributed by atoms with Gasteiger partial charge in [-0.1, -0.05) is 17.7 Å². The van der Waals surface area contributed by atoms with Gasteiger partial charge in [-0.2, -0.15) is 0 Å². The third-order valence-electron chi connectivity index (χ3n) is 2.64. The zero-order valence-corrected chi connectivity index (χ0v) is 11.3. The summed E-state index contributed by atoms with van der Waals surface area (Å²) in [5.74, 6) is -0.771. The second-order valence-corrected chi connectivity index (χ2v) is 4.51. The van der Waals surface area contributed by atoms with Crippen molar-refractivity contribution in [3.05, 3.63) is 70.8 Å². The first-order chi connectivity index (χ1) is 9.66. The Morgan fingerprint density at radius 1 is 1.35 bits per heavy atom. The van der Waals surface area contributed by atoms with E-state index in [1.54, 1.807) is 18.5 Å². The average Bonchev–Trinajstić information content (AvgIpc) is 2.46. The van der Waals surface area contributed by atoms with Crippen LogP contribution in [-0.2, 0) is 11.3 Å². The molecule has 1 aromatic heterocycles. The molecule has 0 spiro atoms. The molecule has 0 aliphatic heterocycles. The molecule has 0 aliphatic carbocycles. The lowest BCUT2D eigenvalue weighted by Gasteiger charge is -2.01. The maximum Gasteiger partial charge on any atom is 0.244 e. The zero-order chi connectivity index (χ0) is 14.4. The molecule has 0 saturated heterocycles. The molecule has 0 unspecified atom stereocenters. The Labute approximate surface area is 121 Å². The van der Waals surface area contributed by atoms with Crippen LogP contribution < -0.4 is 10.3 Å². The Bertz CT molecular complexity index is 609. The van der Waals surface area contributed by atoms with E-state index in [-0.39, 0.29) is 16.5 Å². The Kier molecular flexibility index (Phi) is 4.85. The van der Waals surface area contributed by atoms with E-state index in [1.807, 2.05) is 12.1 Å². The van der Waals surface area contributed by atoms with E-state index in [2.05, 4.69) is 10.3 Å². The van der Waals surface area contributed by atoms with Gasteiger partial charge in [0, 0.05) is 29.8 Å². The average molecular weight is 292 g/mol. The molecule has 5 heteroatoms. The predicted octanol–water partition coefficient (Wildman–Crippen LogP) is 2.62. The minimum atomic E-state index is -0.459. The van der Waals surface area contributed by atoms with E-state index in [0.717, 1.165) is 5.56 Å². The lowest BCUT2D eigenvalue weighted by Crippen LogP contribution is -2.21. The zero-order valence-electron chi connectivity index (χ0n) is 10.6. The smallest absolute Gasteiger partial charge is 0.244 e. The summed E-state index contributed by atoms with van der Waals surface area (Å²) >= 11 is 5.86. The molecule has 0 fully saturated rings. The summed E-state index contributed by atoms with van der Waals surface area (Å²) in [7, 11) is 0. The number of amides is 1. The number of carbonyl (C=O) groups is 1. The van der Waals surface area contributed by atoms with Crippen molar-refractivity contribution in [2.75, 3.05) is 0 Å². The molecular weight excluding hydrogens is 279 g/mol. The van der Waals surface area contributed by atoms with Crippen molar-refractivity contribution in [3.63, 3.8) is 0 Å². The number of H-pyrrole nitrogens is 1. The second-order valence-electron chi connectivity index (χ2n) is 4.10. The molecule has 0 atom stereocenters. The number of halogens is 2. The molecule has 2 aromatic rings. The molecule has 0 radical (unpaired) electrons. The lowest BCUT2D eigenvalue weighted by atomic mass is 10.2. The van der Waals surface area contributed by atoms with Crippen molar-refractivity contribution in [3.8, 4) is 0 Å². The van der Waals surface area contributed by atoms with E-state index in [0.29, 0.717) is 6.54 Å². The third-order valence-corrected chi connectivity index (χ3v) is 2.97. The summed E-state index contributed by atoms with van der Waals surface area (Å²) in [6, 6.07) is 8.11. The van der Waals surface area contributed by atoms with Crippen LogP contribution in [0.15, 0.2) is 48.8 Å². The van der Waals surface area contributed by atoms with E-state index in [1.165, 1.54) is 24.3 Å². The van der Waals surface area contributed by atoms with E-state index in [9.17, 15) is 9.18 Å². The SMILES string of the molecule is O=C(C=Cc1c(F)cccc1Cl)NCc1ccc[nH+]c1. The monoisotopic (exact) mass is 291 g/mol. The number of pyridine rings is 1. The van der Waals surface area contributed by atoms with Crippen LogP contribution in [0.4, 0.5) is 4.39 Å². The van der Waals surface area contributed by atoms with Gasteiger partial charge in [-0.05, 0) is 24.3 Å². The lowest BCUT2D eigenvalue weighted by molar-refractivity contribution is -0.378. The van der Waals surface area contributed by atoms with Gasteiger partial charge in [0.25, 0.3) is 0 Å². The van der Waals surface area contributed by atoms with Crippen molar-refractivity contribution in [1.82, 2.24) is 5.32 Å². The summed E-state index contributed by atoms with van der Waals surface area (Å²) in [5, 5.41) is 2.97. The molecule has 2 rings (SSSR count). The number of aromatic nitrogens is 1. The fourth-order valence-electron chi connectivity index (χ4n) is 1.62. The summed E-state index contributed by atoms with van der Waals surface area (Å²) in [6.45, 7) is 0.394. The van der Waals surface area contributed by atoms with Gasteiger partial charge in [-0.3, -0.25) is 4.79 Å². The standard InChI is InChI=1S/C15H12ClFN2O/c16-13-4-1-5-14(17)12(13)6-7-15(20)19-10-11-3-2-8-18-9-11/h1-9H,10H2,(H,19,20)/p+1. The van der Waals surface area contributed by atoms with Gasteiger partial charge in [-0.15, -0.1) is 0 Å². The minimum absolute atomic E-state index is 0.206. The van der Waals surface area contributed by atoms with E-state index in [4.69, 9.17) is 11.6 Å². The fourth-order valence-corrected chi connectivity index (χ4v) is 1.84. The van der Waals surface area contributed by atoms with E-state index < -0.39 is 5.82 Å². The van der Waals surface area contributed by atoms with E-state index >= 15 is 0 Å². The Morgan fingerprint density at radius 3 is 2.90 bits per heavy atom. The predicted molar refractivity (Wildman–Crippen MR) is 75.3 cm³/mol. The van der Waals surface area contributed by atoms with Crippen molar-refractivity contribution in [1.29, 1.82) is 0 Å². The first kappa shape index (κ1) is 14.2. The highest BCUT2D eigenvalue weighted by molar-refractivity contribution is 6.32. The molecule has 2 N–H and O–H groups in total. The molecule has 0 saturated carbocycles. The van der Waals surface area contributed by atoms with Crippen LogP contribution in [0.3, 0.4) is 0 Å². The van der Waals surface area contributed by atoms with Crippen LogP contribution in [-0.4, -0.2) is 5.91 Å². The molecule has 1 amide bonds. The highest BCUT2D eigenvalue weighted by Crippen LogP contribution is 2.20. The first-order valence-corrected chi connectivity index (χ1v) is 6.39. The third kappa shape index (κ3) is 3.90. The summed E-state index contributed by atoms with van der Waals surface area (Å²) < 4.78 is 13.5. The summed E-state index contributed by atoms with van der Waals surface area (Å²) in [5.41, 5.74) is 1.15. The summed E-state index contributed by atoms with van der Waals surface area (Å²) in [4.78, 5) is 14.6. The van der Waals surface area contributed by atoms with Crippen LogP contribution in [0.2, 0.25) is 5.02 Å². The van der Waals surface area contributed by atoms with Crippen molar-refractivity contribution < 1.29 is 14.2 Å². The number of rotatable bonds is 4. The normalized spacial score (nSPS) is 10.7. The molecule has 20 heavy (non-hydrogen) atoms. The Hall–Kier alpha value is -2.20. The number of carbonyl (C=O) groups excluding carboxylic acids is 1. The Balaban J connectivity index is 1.96. The summed E-state index contributed by atoms with van der Waals surface area (Å²) in [6.07, 6.45) is 6.20.